The molecule has 0 rings (SSSR count). The smallest absolute Gasteiger partial charge is 0.306 e. The Balaban J connectivity index is 3.95. The number of carbonyl (C=O) groups excluding carboxylic acids is 1. The minimum Gasteiger partial charge on any atom is -0.481 e. The van der Waals surface area contributed by atoms with E-state index >= 15 is 0 Å². The molecule has 0 radical (unpaired) electrons. The third kappa shape index (κ3) is 37.0. The van der Waals surface area contributed by atoms with E-state index in [0.717, 1.165) is 64.2 Å². The van der Waals surface area contributed by atoms with Gasteiger partial charge in [-0.15, -0.1) is 0 Å². The number of unbranched alkanes of at least 4 members (excludes halogenated alkanes) is 26. The minimum absolute atomic E-state index is 0.00119. The number of esters is 1. The van der Waals surface area contributed by atoms with Crippen molar-refractivity contribution in [3.8, 4) is 0 Å². The number of aliphatic carboxylic acids is 1. The zero-order chi connectivity index (χ0) is 32.9. The maximum Gasteiger partial charge on any atom is 0.306 e. The fourth-order valence-electron chi connectivity index (χ4n) is 6.24. The molecule has 0 aliphatic rings. The van der Waals surface area contributed by atoms with Gasteiger partial charge in [-0.1, -0.05) is 167 Å². The summed E-state index contributed by atoms with van der Waals surface area (Å²) in [6, 6.07) is 0. The van der Waals surface area contributed by atoms with E-state index < -0.39 is 5.97 Å². The number of rotatable bonds is 37. The lowest BCUT2D eigenvalue weighted by molar-refractivity contribution is -0.150. The van der Waals surface area contributed by atoms with E-state index in [1.165, 1.54) is 141 Å². The second-order valence-electron chi connectivity index (χ2n) is 13.8. The fraction of sp³-hybridized carbons (Fsp3) is 0.902. The van der Waals surface area contributed by atoms with Gasteiger partial charge >= 0.3 is 11.9 Å². The highest BCUT2D eigenvalue weighted by Gasteiger charge is 2.14. The minimum atomic E-state index is -0.698. The van der Waals surface area contributed by atoms with Crippen LogP contribution in [0.25, 0.3) is 0 Å². The first-order chi connectivity index (χ1) is 22.1. The SMILES string of the molecule is CCCCCCCC/C=C\CCCCCCCCCC(=O)OC(CCCCCCCCCCCC)CCCCCCCC(=O)O. The van der Waals surface area contributed by atoms with Crippen molar-refractivity contribution in [1.82, 2.24) is 0 Å². The molecule has 0 aliphatic heterocycles. The molecule has 1 atom stereocenters. The summed E-state index contributed by atoms with van der Waals surface area (Å²) in [7, 11) is 0. The summed E-state index contributed by atoms with van der Waals surface area (Å²) >= 11 is 0. The summed E-state index contributed by atoms with van der Waals surface area (Å²) in [5.41, 5.74) is 0. The first-order valence-electron chi connectivity index (χ1n) is 20.2. The third-order valence-corrected chi connectivity index (χ3v) is 9.24. The molecule has 0 spiro atoms. The molecule has 0 heterocycles. The van der Waals surface area contributed by atoms with Crippen molar-refractivity contribution in [2.75, 3.05) is 0 Å². The lowest BCUT2D eigenvalue weighted by Gasteiger charge is -2.18. The molecule has 45 heavy (non-hydrogen) atoms. The van der Waals surface area contributed by atoms with Gasteiger partial charge in [0.2, 0.25) is 0 Å². The summed E-state index contributed by atoms with van der Waals surface area (Å²) in [5, 5.41) is 8.81. The van der Waals surface area contributed by atoms with Crippen LogP contribution in [-0.4, -0.2) is 23.1 Å². The van der Waals surface area contributed by atoms with Crippen LogP contribution in [0.5, 0.6) is 0 Å². The van der Waals surface area contributed by atoms with Crippen LogP contribution in [0.2, 0.25) is 0 Å². The maximum absolute atomic E-state index is 12.6. The first kappa shape index (κ1) is 43.7. The Kier molecular flexibility index (Phi) is 36.1. The Morgan fingerprint density at radius 2 is 0.800 bits per heavy atom. The summed E-state index contributed by atoms with van der Waals surface area (Å²) in [6.45, 7) is 4.55. The molecule has 0 saturated heterocycles. The molecule has 0 saturated carbocycles. The van der Waals surface area contributed by atoms with E-state index in [2.05, 4.69) is 26.0 Å². The second-order valence-corrected chi connectivity index (χ2v) is 13.8. The molecule has 0 aromatic rings. The highest BCUT2D eigenvalue weighted by Crippen LogP contribution is 2.19. The van der Waals surface area contributed by atoms with E-state index in [-0.39, 0.29) is 18.5 Å². The Hall–Kier alpha value is -1.32. The Labute approximate surface area is 281 Å². The molecule has 0 aromatic carbocycles. The van der Waals surface area contributed by atoms with Crippen molar-refractivity contribution in [3.05, 3.63) is 12.2 Å². The number of hydrogen-bond acceptors (Lipinski definition) is 3. The summed E-state index contributed by atoms with van der Waals surface area (Å²) in [4.78, 5) is 23.4. The van der Waals surface area contributed by atoms with Crippen molar-refractivity contribution < 1.29 is 19.4 Å². The average molecular weight is 635 g/mol. The summed E-state index contributed by atoms with van der Waals surface area (Å²) in [6.07, 6.45) is 45.2. The molecule has 0 amide bonds. The maximum atomic E-state index is 12.6. The van der Waals surface area contributed by atoms with Gasteiger partial charge in [0.15, 0.2) is 0 Å². The highest BCUT2D eigenvalue weighted by atomic mass is 16.5. The van der Waals surface area contributed by atoms with Gasteiger partial charge in [0.05, 0.1) is 0 Å². The molecule has 0 fully saturated rings. The van der Waals surface area contributed by atoms with Crippen molar-refractivity contribution in [1.29, 1.82) is 0 Å². The standard InChI is InChI=1S/C41H78O4/c1-3-5-7-9-11-13-15-16-17-18-19-20-21-23-25-30-34-38-41(44)45-39(36-32-28-26-29-33-37-40(42)43)35-31-27-24-22-14-12-10-8-6-4-2/h16-17,39H,3-15,18-38H2,1-2H3,(H,42,43)/b17-16-. The van der Waals surface area contributed by atoms with Gasteiger partial charge in [-0.05, 0) is 64.2 Å². The topological polar surface area (TPSA) is 63.6 Å². The van der Waals surface area contributed by atoms with Crippen molar-refractivity contribution >= 4 is 11.9 Å². The zero-order valence-electron chi connectivity index (χ0n) is 30.4. The van der Waals surface area contributed by atoms with Crippen LogP contribution in [0, 0.1) is 0 Å². The van der Waals surface area contributed by atoms with E-state index in [9.17, 15) is 9.59 Å². The van der Waals surface area contributed by atoms with Gasteiger partial charge in [0.25, 0.3) is 0 Å². The summed E-state index contributed by atoms with van der Waals surface area (Å²) in [5.74, 6) is -0.697. The van der Waals surface area contributed by atoms with Crippen LogP contribution in [0.15, 0.2) is 12.2 Å². The Morgan fingerprint density at radius 1 is 0.467 bits per heavy atom. The molecule has 1 N–H and O–H groups in total. The van der Waals surface area contributed by atoms with Gasteiger partial charge in [-0.3, -0.25) is 9.59 Å². The molecule has 4 heteroatoms. The first-order valence-corrected chi connectivity index (χ1v) is 20.2. The number of hydrogen-bond donors (Lipinski definition) is 1. The molecule has 0 aromatic heterocycles. The third-order valence-electron chi connectivity index (χ3n) is 9.24. The molecule has 0 aliphatic carbocycles. The van der Waals surface area contributed by atoms with Gasteiger partial charge in [-0.2, -0.15) is 0 Å². The Morgan fingerprint density at radius 3 is 1.20 bits per heavy atom. The van der Waals surface area contributed by atoms with Crippen molar-refractivity contribution in [2.24, 2.45) is 0 Å². The van der Waals surface area contributed by atoms with E-state index in [1.807, 2.05) is 0 Å². The quantitative estimate of drug-likeness (QED) is 0.0419. The largest absolute Gasteiger partial charge is 0.481 e. The molecule has 0 bridgehead atoms. The second kappa shape index (κ2) is 37.1. The number of carbonyl (C=O) groups is 2. The highest BCUT2D eigenvalue weighted by molar-refractivity contribution is 5.69. The van der Waals surface area contributed by atoms with Crippen molar-refractivity contribution in [2.45, 2.75) is 238 Å². The van der Waals surface area contributed by atoms with E-state index in [4.69, 9.17) is 9.84 Å². The average Bonchev–Trinajstić information content (AvgIpc) is 3.02. The fourth-order valence-corrected chi connectivity index (χ4v) is 6.24. The number of allylic oxidation sites excluding steroid dienone is 2. The summed E-state index contributed by atoms with van der Waals surface area (Å²) < 4.78 is 6.00. The van der Waals surface area contributed by atoms with Crippen LogP contribution in [0.3, 0.4) is 0 Å². The molecule has 266 valence electrons. The van der Waals surface area contributed by atoms with Gasteiger partial charge in [0.1, 0.15) is 6.10 Å². The lowest BCUT2D eigenvalue weighted by atomic mass is 10.0. The van der Waals surface area contributed by atoms with Crippen LogP contribution in [0.1, 0.15) is 232 Å². The lowest BCUT2D eigenvalue weighted by Crippen LogP contribution is -2.18. The molecular formula is C41H78O4. The predicted molar refractivity (Wildman–Crippen MR) is 195 cm³/mol. The van der Waals surface area contributed by atoms with Gasteiger partial charge in [-0.25, -0.2) is 0 Å². The molecule has 4 nitrogen and oxygen atoms in total. The van der Waals surface area contributed by atoms with Gasteiger partial charge < -0.3 is 9.84 Å². The van der Waals surface area contributed by atoms with Crippen LogP contribution in [0.4, 0.5) is 0 Å². The van der Waals surface area contributed by atoms with Gasteiger partial charge in [0, 0.05) is 12.8 Å². The Bertz CT molecular complexity index is 643. The molecular weight excluding hydrogens is 556 g/mol. The normalized spacial score (nSPS) is 12.2. The molecule has 1 unspecified atom stereocenters. The number of ether oxygens (including phenoxy) is 1. The van der Waals surface area contributed by atoms with E-state index in [0.29, 0.717) is 6.42 Å². The van der Waals surface area contributed by atoms with Crippen LogP contribution in [-0.2, 0) is 14.3 Å². The van der Waals surface area contributed by atoms with Crippen LogP contribution >= 0.6 is 0 Å². The predicted octanol–water partition coefficient (Wildman–Crippen LogP) is 13.8. The number of carboxylic acids is 1. The van der Waals surface area contributed by atoms with Crippen LogP contribution < -0.4 is 0 Å². The number of carboxylic acid groups (broad SMARTS) is 1. The van der Waals surface area contributed by atoms with E-state index in [1.54, 1.807) is 0 Å². The monoisotopic (exact) mass is 635 g/mol. The van der Waals surface area contributed by atoms with Crippen molar-refractivity contribution in [3.63, 3.8) is 0 Å². The zero-order valence-corrected chi connectivity index (χ0v) is 30.4.